The van der Waals surface area contributed by atoms with Crippen LogP contribution in [0.1, 0.15) is 5.56 Å². The Hall–Kier alpha value is -3.19. The molecule has 0 fully saturated rings. The fourth-order valence-electron chi connectivity index (χ4n) is 2.39. The molecule has 2 aromatic heterocycles. The standard InChI is InChI=1S/C19H20N4O3/c1-14-18(15-7-9-20-10-8-15)22-23-19(14)21-17(24)13-25-11-12-26-16-5-3-2-4-6-16/h2-10H,11-13H2,1H3,(H2,21,22,23,24). The second kappa shape index (κ2) is 8.77. The highest BCUT2D eigenvalue weighted by molar-refractivity contribution is 5.92. The van der Waals surface area contributed by atoms with Gasteiger partial charge in [-0.25, -0.2) is 0 Å². The van der Waals surface area contributed by atoms with E-state index in [9.17, 15) is 4.79 Å². The van der Waals surface area contributed by atoms with Gasteiger partial charge in [-0.3, -0.25) is 14.9 Å². The number of ether oxygens (including phenoxy) is 2. The summed E-state index contributed by atoms with van der Waals surface area (Å²) in [5.74, 6) is 1.00. The van der Waals surface area contributed by atoms with Crippen molar-refractivity contribution in [2.24, 2.45) is 0 Å². The molecule has 0 saturated carbocycles. The number of aromatic amines is 1. The van der Waals surface area contributed by atoms with E-state index in [1.165, 1.54) is 0 Å². The average molecular weight is 352 g/mol. The van der Waals surface area contributed by atoms with Gasteiger partial charge in [0.2, 0.25) is 0 Å². The molecule has 1 amide bonds. The number of amides is 1. The van der Waals surface area contributed by atoms with Gasteiger partial charge in [0.1, 0.15) is 19.0 Å². The third-order valence-electron chi connectivity index (χ3n) is 3.71. The lowest BCUT2D eigenvalue weighted by Gasteiger charge is -2.07. The van der Waals surface area contributed by atoms with Crippen molar-refractivity contribution in [3.63, 3.8) is 0 Å². The van der Waals surface area contributed by atoms with E-state index in [0.717, 1.165) is 22.6 Å². The Balaban J connectivity index is 1.43. The zero-order chi connectivity index (χ0) is 18.2. The maximum atomic E-state index is 12.0. The zero-order valence-corrected chi connectivity index (χ0v) is 14.4. The average Bonchev–Trinajstić information content (AvgIpc) is 3.03. The number of benzene rings is 1. The molecule has 0 aliphatic heterocycles. The molecule has 7 nitrogen and oxygen atoms in total. The number of nitrogens with zero attached hydrogens (tertiary/aromatic N) is 2. The van der Waals surface area contributed by atoms with Gasteiger partial charge in [0.25, 0.3) is 5.91 Å². The van der Waals surface area contributed by atoms with Crippen molar-refractivity contribution in [2.45, 2.75) is 6.92 Å². The van der Waals surface area contributed by atoms with Gasteiger partial charge in [0.15, 0.2) is 5.82 Å². The maximum Gasteiger partial charge on any atom is 0.251 e. The summed E-state index contributed by atoms with van der Waals surface area (Å²) >= 11 is 0. The Bertz CT molecular complexity index is 835. The molecule has 0 bridgehead atoms. The number of anilines is 1. The van der Waals surface area contributed by atoms with Crippen LogP contribution in [0.4, 0.5) is 5.82 Å². The van der Waals surface area contributed by atoms with E-state index in [1.807, 2.05) is 49.4 Å². The van der Waals surface area contributed by atoms with Crippen molar-refractivity contribution < 1.29 is 14.3 Å². The highest BCUT2D eigenvalue weighted by Crippen LogP contribution is 2.25. The summed E-state index contributed by atoms with van der Waals surface area (Å²) in [5, 5.41) is 9.84. The molecule has 0 unspecified atom stereocenters. The van der Waals surface area contributed by atoms with Crippen molar-refractivity contribution in [2.75, 3.05) is 25.1 Å². The van der Waals surface area contributed by atoms with E-state index < -0.39 is 0 Å². The first-order chi connectivity index (χ1) is 12.7. The van der Waals surface area contributed by atoms with E-state index >= 15 is 0 Å². The third kappa shape index (κ3) is 4.67. The van der Waals surface area contributed by atoms with Crippen LogP contribution in [0.15, 0.2) is 54.9 Å². The summed E-state index contributed by atoms with van der Waals surface area (Å²) in [5.41, 5.74) is 2.66. The van der Waals surface area contributed by atoms with Crippen LogP contribution >= 0.6 is 0 Å². The number of pyridine rings is 1. The number of hydrogen-bond donors (Lipinski definition) is 2. The van der Waals surface area contributed by atoms with Crippen molar-refractivity contribution >= 4 is 11.7 Å². The predicted octanol–water partition coefficient (Wildman–Crippen LogP) is 2.81. The van der Waals surface area contributed by atoms with Gasteiger partial charge in [0, 0.05) is 23.5 Å². The first-order valence-electron chi connectivity index (χ1n) is 8.25. The van der Waals surface area contributed by atoms with E-state index in [-0.39, 0.29) is 12.5 Å². The van der Waals surface area contributed by atoms with Gasteiger partial charge in [-0.05, 0) is 31.2 Å². The lowest BCUT2D eigenvalue weighted by atomic mass is 10.1. The molecule has 1 aromatic carbocycles. The molecule has 0 atom stereocenters. The third-order valence-corrected chi connectivity index (χ3v) is 3.71. The van der Waals surface area contributed by atoms with Crippen molar-refractivity contribution in [3.8, 4) is 17.0 Å². The number of hydrogen-bond acceptors (Lipinski definition) is 5. The molecule has 7 heteroatoms. The van der Waals surface area contributed by atoms with E-state index in [1.54, 1.807) is 12.4 Å². The molecular weight excluding hydrogens is 332 g/mol. The Morgan fingerprint density at radius 3 is 2.65 bits per heavy atom. The molecule has 0 saturated heterocycles. The Labute approximate surface area is 151 Å². The fraction of sp³-hybridized carbons (Fsp3) is 0.211. The summed E-state index contributed by atoms with van der Waals surface area (Å²) < 4.78 is 10.8. The highest BCUT2D eigenvalue weighted by atomic mass is 16.5. The van der Waals surface area contributed by atoms with E-state index in [4.69, 9.17) is 9.47 Å². The maximum absolute atomic E-state index is 12.0. The van der Waals surface area contributed by atoms with Gasteiger partial charge in [0.05, 0.1) is 12.3 Å². The zero-order valence-electron chi connectivity index (χ0n) is 14.4. The van der Waals surface area contributed by atoms with E-state index in [2.05, 4.69) is 20.5 Å². The smallest absolute Gasteiger partial charge is 0.251 e. The minimum absolute atomic E-state index is 0.0605. The summed E-state index contributed by atoms with van der Waals surface area (Å²) in [7, 11) is 0. The molecule has 2 heterocycles. The van der Waals surface area contributed by atoms with Gasteiger partial charge < -0.3 is 14.8 Å². The van der Waals surface area contributed by atoms with Crippen LogP contribution in [-0.2, 0) is 9.53 Å². The van der Waals surface area contributed by atoms with Crippen molar-refractivity contribution in [1.82, 2.24) is 15.2 Å². The number of rotatable bonds is 8. The number of carbonyl (C=O) groups excluding carboxylic acids is 1. The first kappa shape index (κ1) is 17.6. The monoisotopic (exact) mass is 352 g/mol. The SMILES string of the molecule is Cc1c(NC(=O)COCCOc2ccccc2)n[nH]c1-c1ccncc1. The summed E-state index contributed by atoms with van der Waals surface area (Å²) in [6.07, 6.45) is 3.42. The van der Waals surface area contributed by atoms with Crippen LogP contribution in [0.25, 0.3) is 11.3 Å². The Morgan fingerprint density at radius 2 is 1.88 bits per heavy atom. The Kier molecular flexibility index (Phi) is 5.95. The number of aromatic nitrogens is 3. The molecule has 2 N–H and O–H groups in total. The molecule has 26 heavy (non-hydrogen) atoms. The number of para-hydroxylation sites is 1. The van der Waals surface area contributed by atoms with Crippen LogP contribution in [0.3, 0.4) is 0 Å². The molecule has 0 aliphatic rings. The van der Waals surface area contributed by atoms with Crippen molar-refractivity contribution in [1.29, 1.82) is 0 Å². The number of H-pyrrole nitrogens is 1. The van der Waals surface area contributed by atoms with Gasteiger partial charge in [-0.15, -0.1) is 0 Å². The summed E-state index contributed by atoms with van der Waals surface area (Å²) in [4.78, 5) is 16.0. The van der Waals surface area contributed by atoms with Gasteiger partial charge >= 0.3 is 0 Å². The van der Waals surface area contributed by atoms with Crippen LogP contribution in [0, 0.1) is 6.92 Å². The van der Waals surface area contributed by atoms with Crippen LogP contribution in [-0.4, -0.2) is 40.9 Å². The summed E-state index contributed by atoms with van der Waals surface area (Å²) in [6.45, 7) is 2.54. The quantitative estimate of drug-likeness (QED) is 0.609. The number of nitrogens with one attached hydrogen (secondary N) is 2. The molecular formula is C19H20N4O3. The number of carbonyl (C=O) groups is 1. The lowest BCUT2D eigenvalue weighted by Crippen LogP contribution is -2.20. The fourth-order valence-corrected chi connectivity index (χ4v) is 2.39. The molecule has 0 aliphatic carbocycles. The first-order valence-corrected chi connectivity index (χ1v) is 8.25. The van der Waals surface area contributed by atoms with Crippen LogP contribution in [0.2, 0.25) is 0 Å². The molecule has 3 rings (SSSR count). The van der Waals surface area contributed by atoms with Crippen LogP contribution in [0.5, 0.6) is 5.75 Å². The largest absolute Gasteiger partial charge is 0.491 e. The lowest BCUT2D eigenvalue weighted by molar-refractivity contribution is -0.120. The highest BCUT2D eigenvalue weighted by Gasteiger charge is 2.13. The second-order valence-corrected chi connectivity index (χ2v) is 5.57. The molecule has 3 aromatic rings. The molecule has 0 spiro atoms. The van der Waals surface area contributed by atoms with Crippen LogP contribution < -0.4 is 10.1 Å². The van der Waals surface area contributed by atoms with Gasteiger partial charge in [-0.1, -0.05) is 18.2 Å². The molecule has 134 valence electrons. The minimum atomic E-state index is -0.263. The van der Waals surface area contributed by atoms with Crippen molar-refractivity contribution in [3.05, 3.63) is 60.4 Å². The normalized spacial score (nSPS) is 10.5. The second-order valence-electron chi connectivity index (χ2n) is 5.57. The predicted molar refractivity (Wildman–Crippen MR) is 97.9 cm³/mol. The minimum Gasteiger partial charge on any atom is -0.491 e. The Morgan fingerprint density at radius 1 is 1.12 bits per heavy atom. The van der Waals surface area contributed by atoms with Gasteiger partial charge in [-0.2, -0.15) is 5.10 Å². The van der Waals surface area contributed by atoms with E-state index in [0.29, 0.717) is 19.0 Å². The summed E-state index contributed by atoms with van der Waals surface area (Å²) in [6, 6.07) is 13.2. The topological polar surface area (TPSA) is 89.1 Å². The molecule has 0 radical (unpaired) electrons.